The SMILES string of the molecule is COc1ccc(-c2csc(Cc3nc(-c4ccccc4Cl)no3)n2)cc1. The van der Waals surface area contributed by atoms with Crippen molar-refractivity contribution in [3.8, 4) is 28.4 Å². The summed E-state index contributed by atoms with van der Waals surface area (Å²) in [5.74, 6) is 1.82. The Bertz CT molecular complexity index is 1030. The van der Waals surface area contributed by atoms with Crippen LogP contribution in [0.2, 0.25) is 5.02 Å². The maximum Gasteiger partial charge on any atom is 0.233 e. The van der Waals surface area contributed by atoms with Gasteiger partial charge in [-0.05, 0) is 36.4 Å². The molecule has 4 rings (SSSR count). The van der Waals surface area contributed by atoms with Gasteiger partial charge in [-0.25, -0.2) is 4.98 Å². The van der Waals surface area contributed by atoms with Gasteiger partial charge in [0.25, 0.3) is 0 Å². The highest BCUT2D eigenvalue weighted by molar-refractivity contribution is 7.10. The van der Waals surface area contributed by atoms with Crippen LogP contribution >= 0.6 is 22.9 Å². The van der Waals surface area contributed by atoms with E-state index >= 15 is 0 Å². The van der Waals surface area contributed by atoms with Crippen LogP contribution in [0.25, 0.3) is 22.6 Å². The summed E-state index contributed by atoms with van der Waals surface area (Å²) in [6.45, 7) is 0. The van der Waals surface area contributed by atoms with Gasteiger partial charge in [0, 0.05) is 16.5 Å². The van der Waals surface area contributed by atoms with E-state index in [1.807, 2.05) is 47.8 Å². The van der Waals surface area contributed by atoms with E-state index in [1.165, 1.54) is 0 Å². The van der Waals surface area contributed by atoms with E-state index in [0.717, 1.165) is 27.6 Å². The van der Waals surface area contributed by atoms with Gasteiger partial charge in [-0.3, -0.25) is 0 Å². The van der Waals surface area contributed by atoms with E-state index in [9.17, 15) is 0 Å². The Labute approximate surface area is 159 Å². The molecule has 2 aromatic carbocycles. The van der Waals surface area contributed by atoms with Crippen molar-refractivity contribution in [1.82, 2.24) is 15.1 Å². The van der Waals surface area contributed by atoms with Gasteiger partial charge in [-0.2, -0.15) is 4.98 Å². The first-order valence-electron chi connectivity index (χ1n) is 7.89. The summed E-state index contributed by atoms with van der Waals surface area (Å²) in [5, 5.41) is 7.54. The Morgan fingerprint density at radius 2 is 1.88 bits per heavy atom. The molecule has 5 nitrogen and oxygen atoms in total. The second-order valence-corrected chi connectivity index (χ2v) is 6.87. The average molecular weight is 384 g/mol. The molecule has 0 atom stereocenters. The number of thiazole rings is 1. The summed E-state index contributed by atoms with van der Waals surface area (Å²) in [5.41, 5.74) is 2.70. The third-order valence-electron chi connectivity index (χ3n) is 3.82. The number of halogens is 1. The number of ether oxygens (including phenoxy) is 1. The zero-order chi connectivity index (χ0) is 17.9. The molecule has 0 aliphatic carbocycles. The molecule has 0 saturated heterocycles. The lowest BCUT2D eigenvalue weighted by molar-refractivity contribution is 0.385. The number of hydrogen-bond donors (Lipinski definition) is 0. The Kier molecular flexibility index (Phi) is 4.69. The van der Waals surface area contributed by atoms with Gasteiger partial charge < -0.3 is 9.26 Å². The number of rotatable bonds is 5. The van der Waals surface area contributed by atoms with Crippen molar-refractivity contribution in [2.75, 3.05) is 7.11 Å². The van der Waals surface area contributed by atoms with Gasteiger partial charge in [-0.1, -0.05) is 28.9 Å². The minimum atomic E-state index is 0.484. The maximum atomic E-state index is 6.18. The fourth-order valence-corrected chi connectivity index (χ4v) is 3.51. The summed E-state index contributed by atoms with van der Waals surface area (Å²) >= 11 is 7.74. The first kappa shape index (κ1) is 16.8. The molecule has 0 bridgehead atoms. The molecule has 7 heteroatoms. The van der Waals surface area contributed by atoms with Crippen LogP contribution in [0.15, 0.2) is 58.4 Å². The number of aromatic nitrogens is 3. The van der Waals surface area contributed by atoms with Gasteiger partial charge in [0.2, 0.25) is 11.7 Å². The number of nitrogens with zero attached hydrogens (tertiary/aromatic N) is 3. The molecule has 0 spiro atoms. The van der Waals surface area contributed by atoms with Crippen molar-refractivity contribution in [3.05, 3.63) is 69.8 Å². The van der Waals surface area contributed by atoms with E-state index in [-0.39, 0.29) is 0 Å². The van der Waals surface area contributed by atoms with Crippen molar-refractivity contribution < 1.29 is 9.26 Å². The molecule has 0 N–H and O–H groups in total. The highest BCUT2D eigenvalue weighted by Crippen LogP contribution is 2.27. The maximum absolute atomic E-state index is 6.18. The minimum Gasteiger partial charge on any atom is -0.497 e. The van der Waals surface area contributed by atoms with Crippen molar-refractivity contribution >= 4 is 22.9 Å². The number of methoxy groups -OCH3 is 1. The smallest absolute Gasteiger partial charge is 0.233 e. The monoisotopic (exact) mass is 383 g/mol. The fraction of sp³-hybridized carbons (Fsp3) is 0.105. The standard InChI is InChI=1S/C19H14ClN3O2S/c1-24-13-8-6-12(7-9-13)16-11-26-18(21-16)10-17-22-19(23-25-17)14-4-2-3-5-15(14)20/h2-9,11H,10H2,1H3. The Hall–Kier alpha value is -2.70. The van der Waals surface area contributed by atoms with Crippen LogP contribution in [-0.2, 0) is 6.42 Å². The minimum absolute atomic E-state index is 0.484. The molecule has 0 unspecified atom stereocenters. The van der Waals surface area contributed by atoms with Crippen LogP contribution < -0.4 is 4.74 Å². The van der Waals surface area contributed by atoms with Crippen molar-refractivity contribution in [2.24, 2.45) is 0 Å². The lowest BCUT2D eigenvalue weighted by Crippen LogP contribution is -1.89. The summed E-state index contributed by atoms with van der Waals surface area (Å²) in [6, 6.07) is 15.2. The first-order valence-corrected chi connectivity index (χ1v) is 9.15. The van der Waals surface area contributed by atoms with E-state index < -0.39 is 0 Å². The van der Waals surface area contributed by atoms with Crippen LogP contribution in [-0.4, -0.2) is 22.2 Å². The lowest BCUT2D eigenvalue weighted by atomic mass is 10.2. The van der Waals surface area contributed by atoms with Crippen molar-refractivity contribution in [1.29, 1.82) is 0 Å². The van der Waals surface area contributed by atoms with Crippen LogP contribution in [0.4, 0.5) is 0 Å². The number of hydrogen-bond acceptors (Lipinski definition) is 6. The zero-order valence-electron chi connectivity index (χ0n) is 13.8. The van der Waals surface area contributed by atoms with Gasteiger partial charge in [0.1, 0.15) is 10.8 Å². The van der Waals surface area contributed by atoms with E-state index in [2.05, 4.69) is 15.1 Å². The molecule has 130 valence electrons. The summed E-state index contributed by atoms with van der Waals surface area (Å²) in [6.07, 6.45) is 0.484. The summed E-state index contributed by atoms with van der Waals surface area (Å²) in [4.78, 5) is 9.08. The number of benzene rings is 2. The zero-order valence-corrected chi connectivity index (χ0v) is 15.4. The molecular weight excluding hydrogens is 370 g/mol. The predicted octanol–water partition coefficient (Wildman–Crippen LogP) is 5.11. The van der Waals surface area contributed by atoms with Gasteiger partial charge in [-0.15, -0.1) is 11.3 Å². The lowest BCUT2D eigenvalue weighted by Gasteiger charge is -2.00. The van der Waals surface area contributed by atoms with E-state index in [0.29, 0.717) is 23.2 Å². The van der Waals surface area contributed by atoms with Crippen LogP contribution in [0, 0.1) is 0 Å². The molecule has 2 heterocycles. The molecule has 26 heavy (non-hydrogen) atoms. The van der Waals surface area contributed by atoms with Gasteiger partial charge >= 0.3 is 0 Å². The van der Waals surface area contributed by atoms with Gasteiger partial charge in [0.15, 0.2) is 0 Å². The highest BCUT2D eigenvalue weighted by atomic mass is 35.5. The molecule has 2 aromatic heterocycles. The molecule has 4 aromatic rings. The molecule has 0 aliphatic heterocycles. The summed E-state index contributed by atoms with van der Waals surface area (Å²) < 4.78 is 10.5. The molecule has 0 aliphatic rings. The van der Waals surface area contributed by atoms with Crippen LogP contribution in [0.1, 0.15) is 10.9 Å². The average Bonchev–Trinajstić information content (AvgIpc) is 3.32. The van der Waals surface area contributed by atoms with Gasteiger partial charge in [0.05, 0.1) is 24.2 Å². The first-order chi connectivity index (χ1) is 12.7. The van der Waals surface area contributed by atoms with Crippen LogP contribution in [0.3, 0.4) is 0 Å². The molecule has 0 amide bonds. The van der Waals surface area contributed by atoms with Crippen molar-refractivity contribution in [2.45, 2.75) is 6.42 Å². The largest absolute Gasteiger partial charge is 0.497 e. The Balaban J connectivity index is 1.52. The molecule has 0 saturated carbocycles. The molecular formula is C19H14ClN3O2S. The van der Waals surface area contributed by atoms with Crippen molar-refractivity contribution in [3.63, 3.8) is 0 Å². The van der Waals surface area contributed by atoms with E-state index in [4.69, 9.17) is 20.9 Å². The molecule has 0 radical (unpaired) electrons. The summed E-state index contributed by atoms with van der Waals surface area (Å²) in [7, 11) is 1.65. The normalized spacial score (nSPS) is 10.8. The van der Waals surface area contributed by atoms with Crippen LogP contribution in [0.5, 0.6) is 5.75 Å². The predicted molar refractivity (Wildman–Crippen MR) is 102 cm³/mol. The fourth-order valence-electron chi connectivity index (χ4n) is 2.49. The van der Waals surface area contributed by atoms with E-state index in [1.54, 1.807) is 24.5 Å². The highest BCUT2D eigenvalue weighted by Gasteiger charge is 2.14. The third-order valence-corrected chi connectivity index (χ3v) is 5.00. The Morgan fingerprint density at radius 3 is 2.65 bits per heavy atom. The second-order valence-electron chi connectivity index (χ2n) is 5.52. The third kappa shape index (κ3) is 3.47. The second kappa shape index (κ2) is 7.27. The Morgan fingerprint density at radius 1 is 1.08 bits per heavy atom. The topological polar surface area (TPSA) is 61.0 Å². The quantitative estimate of drug-likeness (QED) is 0.479. The molecule has 0 fully saturated rings.